The third-order valence-corrected chi connectivity index (χ3v) is 4.14. The predicted octanol–water partition coefficient (Wildman–Crippen LogP) is 1.32. The topological polar surface area (TPSA) is 117 Å². The molecule has 2 aromatic carbocycles. The lowest BCUT2D eigenvalue weighted by atomic mass is 10.1. The molecule has 0 aliphatic carbocycles. The largest absolute Gasteiger partial charge is 0.493 e. The number of carbonyl (C=O) groups is 2. The van der Waals surface area contributed by atoms with Gasteiger partial charge in [0.1, 0.15) is 0 Å². The van der Waals surface area contributed by atoms with E-state index in [0.29, 0.717) is 28.7 Å². The van der Waals surface area contributed by atoms with E-state index in [1.54, 1.807) is 18.2 Å². The molecule has 0 saturated carbocycles. The van der Waals surface area contributed by atoms with Gasteiger partial charge in [0.25, 0.3) is 11.8 Å². The number of hydrogen-bond acceptors (Lipinski definition) is 8. The van der Waals surface area contributed by atoms with E-state index >= 15 is 0 Å². The van der Waals surface area contributed by atoms with Crippen molar-refractivity contribution in [3.63, 3.8) is 0 Å². The summed E-state index contributed by atoms with van der Waals surface area (Å²) >= 11 is 0. The van der Waals surface area contributed by atoms with Crippen LogP contribution in [0.4, 0.5) is 0 Å². The van der Waals surface area contributed by atoms with Gasteiger partial charge in [0.2, 0.25) is 12.5 Å². The van der Waals surface area contributed by atoms with Crippen LogP contribution in [0.1, 0.15) is 15.9 Å². The first-order valence-electron chi connectivity index (χ1n) is 8.85. The number of fused-ring (bicyclic) bond motifs is 1. The average molecular weight is 415 g/mol. The van der Waals surface area contributed by atoms with E-state index in [9.17, 15) is 9.59 Å². The molecule has 0 spiro atoms. The second kappa shape index (κ2) is 9.50. The highest BCUT2D eigenvalue weighted by Gasteiger charge is 2.17. The van der Waals surface area contributed by atoms with E-state index in [1.165, 1.54) is 39.7 Å². The molecule has 1 aliphatic rings. The second-order valence-corrected chi connectivity index (χ2v) is 6.00. The fraction of sp³-hybridized carbons (Fsp3) is 0.250. The maximum atomic E-state index is 12.4. The number of nitrogens with one attached hydrogen (secondary N) is 2. The number of amides is 2. The van der Waals surface area contributed by atoms with Crippen molar-refractivity contribution < 1.29 is 33.3 Å². The molecule has 0 radical (unpaired) electrons. The Kier molecular flexibility index (Phi) is 6.58. The van der Waals surface area contributed by atoms with Crippen LogP contribution in [0.5, 0.6) is 28.7 Å². The van der Waals surface area contributed by atoms with Gasteiger partial charge in [-0.15, -0.1) is 0 Å². The summed E-state index contributed by atoms with van der Waals surface area (Å²) in [5, 5.41) is 6.37. The average Bonchev–Trinajstić information content (AvgIpc) is 3.24. The van der Waals surface area contributed by atoms with Gasteiger partial charge in [-0.25, -0.2) is 5.43 Å². The molecular formula is C20H21N3O7. The van der Waals surface area contributed by atoms with Crippen LogP contribution >= 0.6 is 0 Å². The van der Waals surface area contributed by atoms with Crippen LogP contribution in [0.15, 0.2) is 35.4 Å². The van der Waals surface area contributed by atoms with Crippen molar-refractivity contribution in [1.29, 1.82) is 0 Å². The van der Waals surface area contributed by atoms with Gasteiger partial charge >= 0.3 is 0 Å². The van der Waals surface area contributed by atoms with Crippen LogP contribution < -0.4 is 34.4 Å². The van der Waals surface area contributed by atoms with Crippen molar-refractivity contribution in [3.05, 3.63) is 41.5 Å². The van der Waals surface area contributed by atoms with Crippen molar-refractivity contribution in [2.45, 2.75) is 0 Å². The molecule has 0 atom stereocenters. The number of methoxy groups -OCH3 is 3. The third kappa shape index (κ3) is 4.72. The molecule has 2 amide bonds. The molecule has 0 aromatic heterocycles. The summed E-state index contributed by atoms with van der Waals surface area (Å²) in [6.07, 6.45) is 1.46. The fourth-order valence-corrected chi connectivity index (χ4v) is 2.69. The minimum Gasteiger partial charge on any atom is -0.493 e. The summed E-state index contributed by atoms with van der Waals surface area (Å²) in [5.74, 6) is 1.33. The summed E-state index contributed by atoms with van der Waals surface area (Å²) in [6, 6.07) is 8.25. The smallest absolute Gasteiger partial charge is 0.259 e. The van der Waals surface area contributed by atoms with Crippen molar-refractivity contribution in [2.24, 2.45) is 5.10 Å². The maximum absolute atomic E-state index is 12.4. The summed E-state index contributed by atoms with van der Waals surface area (Å²) < 4.78 is 26.2. The number of ether oxygens (including phenoxy) is 5. The summed E-state index contributed by atoms with van der Waals surface area (Å²) in [6.45, 7) is -0.0910. The van der Waals surface area contributed by atoms with Crippen LogP contribution in [0, 0.1) is 0 Å². The van der Waals surface area contributed by atoms with Gasteiger partial charge in [-0.05, 0) is 35.9 Å². The number of nitrogens with zero attached hydrogens (tertiary/aromatic N) is 1. The van der Waals surface area contributed by atoms with Gasteiger partial charge in [-0.2, -0.15) is 5.10 Å². The highest BCUT2D eigenvalue weighted by Crippen LogP contribution is 2.38. The first kappa shape index (κ1) is 20.8. The lowest BCUT2D eigenvalue weighted by Crippen LogP contribution is -2.34. The normalized spacial score (nSPS) is 11.8. The van der Waals surface area contributed by atoms with Gasteiger partial charge in [0.05, 0.1) is 34.1 Å². The molecule has 0 unspecified atom stereocenters. The molecule has 158 valence electrons. The molecule has 1 heterocycles. The minimum atomic E-state index is -0.493. The number of rotatable bonds is 8. The first-order valence-corrected chi connectivity index (χ1v) is 8.85. The van der Waals surface area contributed by atoms with E-state index in [1.807, 2.05) is 0 Å². The molecule has 1 aliphatic heterocycles. The Hall–Kier alpha value is -3.95. The third-order valence-electron chi connectivity index (χ3n) is 4.14. The molecule has 3 rings (SSSR count). The van der Waals surface area contributed by atoms with Crippen LogP contribution in [0.2, 0.25) is 0 Å². The molecule has 0 saturated heterocycles. The number of carbonyl (C=O) groups excluding carboxylic acids is 2. The zero-order valence-electron chi connectivity index (χ0n) is 16.7. The highest BCUT2D eigenvalue weighted by atomic mass is 16.7. The fourth-order valence-electron chi connectivity index (χ4n) is 2.69. The van der Waals surface area contributed by atoms with E-state index in [2.05, 4.69) is 15.8 Å². The predicted molar refractivity (Wildman–Crippen MR) is 107 cm³/mol. The monoisotopic (exact) mass is 415 g/mol. The molecule has 2 N–H and O–H groups in total. The Balaban J connectivity index is 1.55. The SMILES string of the molecule is COc1cc(C(=O)NCC(=O)N/N=C/c2ccc3c(c2)OCO3)cc(OC)c1OC. The van der Waals surface area contributed by atoms with E-state index in [0.717, 1.165) is 5.56 Å². The lowest BCUT2D eigenvalue weighted by Gasteiger charge is -2.14. The molecular weight excluding hydrogens is 394 g/mol. The van der Waals surface area contributed by atoms with E-state index in [4.69, 9.17) is 23.7 Å². The van der Waals surface area contributed by atoms with Gasteiger partial charge in [0, 0.05) is 5.56 Å². The Labute approximate surface area is 172 Å². The quantitative estimate of drug-likeness (QED) is 0.493. The molecule has 2 aromatic rings. The molecule has 10 heteroatoms. The lowest BCUT2D eigenvalue weighted by molar-refractivity contribution is -0.120. The number of benzene rings is 2. The Morgan fingerprint density at radius 3 is 2.40 bits per heavy atom. The summed E-state index contributed by atoms with van der Waals surface area (Å²) in [5.41, 5.74) is 3.32. The molecule has 10 nitrogen and oxygen atoms in total. The highest BCUT2D eigenvalue weighted by molar-refractivity contribution is 5.97. The van der Waals surface area contributed by atoms with Crippen molar-refractivity contribution in [1.82, 2.24) is 10.7 Å². The molecule has 0 bridgehead atoms. The summed E-state index contributed by atoms with van der Waals surface area (Å²) in [4.78, 5) is 24.3. The van der Waals surface area contributed by atoms with Crippen LogP contribution in [0.3, 0.4) is 0 Å². The van der Waals surface area contributed by atoms with E-state index < -0.39 is 11.8 Å². The van der Waals surface area contributed by atoms with Crippen LogP contribution in [-0.4, -0.2) is 52.7 Å². The van der Waals surface area contributed by atoms with Crippen molar-refractivity contribution >= 4 is 18.0 Å². The van der Waals surface area contributed by atoms with Gasteiger partial charge in [-0.3, -0.25) is 9.59 Å². The van der Waals surface area contributed by atoms with Gasteiger partial charge in [0.15, 0.2) is 23.0 Å². The standard InChI is InChI=1S/C20H21N3O7/c1-26-16-7-13(8-17(27-2)19(16)28-3)20(25)21-10-18(24)23-22-9-12-4-5-14-15(6-12)30-11-29-14/h4-9H,10-11H2,1-3H3,(H,21,25)(H,23,24)/b22-9+. The summed E-state index contributed by atoms with van der Waals surface area (Å²) in [7, 11) is 4.36. The Bertz CT molecular complexity index is 950. The molecule has 30 heavy (non-hydrogen) atoms. The zero-order valence-corrected chi connectivity index (χ0v) is 16.7. The van der Waals surface area contributed by atoms with E-state index in [-0.39, 0.29) is 18.9 Å². The number of hydrazone groups is 1. The van der Waals surface area contributed by atoms with Crippen LogP contribution in [0.25, 0.3) is 0 Å². The maximum Gasteiger partial charge on any atom is 0.259 e. The Morgan fingerprint density at radius 1 is 1.03 bits per heavy atom. The number of hydrogen-bond donors (Lipinski definition) is 2. The minimum absolute atomic E-state index is 0.179. The van der Waals surface area contributed by atoms with Crippen molar-refractivity contribution in [3.8, 4) is 28.7 Å². The van der Waals surface area contributed by atoms with Gasteiger partial charge < -0.3 is 29.0 Å². The van der Waals surface area contributed by atoms with Crippen LogP contribution in [-0.2, 0) is 4.79 Å². The first-order chi connectivity index (χ1) is 14.5. The van der Waals surface area contributed by atoms with Crippen molar-refractivity contribution in [2.75, 3.05) is 34.7 Å². The Morgan fingerprint density at radius 2 is 1.73 bits per heavy atom. The zero-order chi connectivity index (χ0) is 21.5. The second-order valence-electron chi connectivity index (χ2n) is 6.00. The molecule has 0 fully saturated rings. The van der Waals surface area contributed by atoms with Gasteiger partial charge in [-0.1, -0.05) is 0 Å².